The number of carbonyl (C=O) groups excluding carboxylic acids is 2. The third kappa shape index (κ3) is 3.08. The van der Waals surface area contributed by atoms with E-state index in [0.29, 0.717) is 23.5 Å². The van der Waals surface area contributed by atoms with Crippen molar-refractivity contribution in [3.63, 3.8) is 0 Å². The van der Waals surface area contributed by atoms with Crippen molar-refractivity contribution in [1.82, 2.24) is 5.32 Å². The number of rotatable bonds is 3. The summed E-state index contributed by atoms with van der Waals surface area (Å²) in [5.74, 6) is 2.43. The normalized spacial score (nSPS) is 41.0. The molecule has 166 valence electrons. The van der Waals surface area contributed by atoms with E-state index in [1.54, 1.807) is 6.08 Å². The number of nitrogens with zero attached hydrogens (tertiary/aromatic N) is 1. The van der Waals surface area contributed by atoms with Crippen molar-refractivity contribution in [3.05, 3.63) is 42.0 Å². The zero-order valence-electron chi connectivity index (χ0n) is 19.4. The lowest BCUT2D eigenvalue weighted by molar-refractivity contribution is -0.122. The third-order valence-electron chi connectivity index (χ3n) is 9.67. The highest BCUT2D eigenvalue weighted by atomic mass is 16.1. The van der Waals surface area contributed by atoms with E-state index in [2.05, 4.69) is 42.3 Å². The lowest BCUT2D eigenvalue weighted by Gasteiger charge is -2.58. The summed E-state index contributed by atoms with van der Waals surface area (Å²) in [6, 6.07) is 8.42. The summed E-state index contributed by atoms with van der Waals surface area (Å²) in [6.45, 7) is 4.77. The lowest BCUT2D eigenvalue weighted by Crippen LogP contribution is -2.59. The lowest BCUT2D eigenvalue weighted by atomic mass is 9.47. The number of fused-ring (bicyclic) bond motifs is 5. The van der Waals surface area contributed by atoms with Gasteiger partial charge in [0.1, 0.15) is 0 Å². The van der Waals surface area contributed by atoms with Crippen LogP contribution in [0.3, 0.4) is 0 Å². The Kier molecular flexibility index (Phi) is 4.84. The summed E-state index contributed by atoms with van der Waals surface area (Å²) in [5.41, 5.74) is 2.16. The highest BCUT2D eigenvalue weighted by Gasteiger charge is 2.60. The molecule has 1 heterocycles. The second-order valence-corrected chi connectivity index (χ2v) is 11.2. The minimum atomic E-state index is 0.0578. The minimum absolute atomic E-state index is 0.0578. The van der Waals surface area contributed by atoms with Gasteiger partial charge in [-0.1, -0.05) is 19.9 Å². The number of nitrogens with one attached hydrogen (secondary N) is 1. The molecule has 2 unspecified atom stereocenters. The smallest absolute Gasteiger partial charge is 0.243 e. The van der Waals surface area contributed by atoms with Crippen LogP contribution >= 0.6 is 0 Å². The minimum Gasteiger partial charge on any atom is -0.378 e. The van der Waals surface area contributed by atoms with Gasteiger partial charge in [-0.05, 0) is 92.0 Å². The van der Waals surface area contributed by atoms with Crippen LogP contribution in [0.25, 0.3) is 0 Å². The molecule has 4 aliphatic rings. The SMILES string of the molecule is CN(C)c1ccc(C(=O)C2CC[C@H]3[C@@H]4CCC5NC(=O)C=C[C@]5(C)[C@@H]4CC[C@]23C)cc1. The standard InChI is InChI=1S/C27H36N2O2/c1-26-15-13-21-19(9-12-23-27(21,2)16-14-24(30)28-23)20(26)10-11-22(26)25(31)17-5-7-18(8-6-17)29(3)4/h5-8,14,16,19-23H,9-13,15H2,1-4H3,(H,28,30)/t19-,20-,21+,22?,23?,26-,27+/m0/s1. The molecule has 1 amide bonds. The molecule has 0 aromatic heterocycles. The molecule has 1 aromatic rings. The van der Waals surface area contributed by atoms with Crippen LogP contribution in [0.4, 0.5) is 5.69 Å². The average Bonchev–Trinajstić information content (AvgIpc) is 3.11. The number of hydrogen-bond acceptors (Lipinski definition) is 3. The molecule has 0 saturated heterocycles. The molecule has 1 aromatic carbocycles. The molecule has 7 atom stereocenters. The molecule has 0 spiro atoms. The number of anilines is 1. The molecular formula is C27H36N2O2. The summed E-state index contributed by atoms with van der Waals surface area (Å²) < 4.78 is 0. The maximum absolute atomic E-state index is 13.6. The first-order valence-electron chi connectivity index (χ1n) is 12.1. The van der Waals surface area contributed by atoms with Crippen LogP contribution in [0.1, 0.15) is 62.7 Å². The number of carbonyl (C=O) groups is 2. The van der Waals surface area contributed by atoms with Crippen LogP contribution in [-0.4, -0.2) is 31.8 Å². The Morgan fingerprint density at radius 2 is 1.74 bits per heavy atom. The molecule has 3 fully saturated rings. The monoisotopic (exact) mass is 420 g/mol. The zero-order chi connectivity index (χ0) is 22.0. The van der Waals surface area contributed by atoms with Gasteiger partial charge in [0.05, 0.1) is 0 Å². The van der Waals surface area contributed by atoms with Crippen LogP contribution in [0.15, 0.2) is 36.4 Å². The molecule has 0 bridgehead atoms. The fourth-order valence-electron chi connectivity index (χ4n) is 7.89. The number of amides is 1. The van der Waals surface area contributed by atoms with Crippen LogP contribution in [0.5, 0.6) is 0 Å². The molecule has 5 rings (SSSR count). The van der Waals surface area contributed by atoms with Gasteiger partial charge < -0.3 is 10.2 Å². The Labute approximate surface area is 186 Å². The first kappa shape index (κ1) is 20.8. The van der Waals surface area contributed by atoms with Gasteiger partial charge in [0.2, 0.25) is 5.91 Å². The topological polar surface area (TPSA) is 49.4 Å². The van der Waals surface area contributed by atoms with Gasteiger partial charge in [0, 0.05) is 42.7 Å². The van der Waals surface area contributed by atoms with E-state index in [1.807, 2.05) is 26.2 Å². The maximum Gasteiger partial charge on any atom is 0.243 e. The predicted octanol–water partition coefficient (Wildman–Crippen LogP) is 4.85. The molecule has 3 aliphatic carbocycles. The highest BCUT2D eigenvalue weighted by Crippen LogP contribution is 2.65. The Hall–Kier alpha value is -2.10. The van der Waals surface area contributed by atoms with E-state index < -0.39 is 0 Å². The van der Waals surface area contributed by atoms with Gasteiger partial charge >= 0.3 is 0 Å². The van der Waals surface area contributed by atoms with Crippen LogP contribution in [-0.2, 0) is 4.79 Å². The third-order valence-corrected chi connectivity index (χ3v) is 9.67. The van der Waals surface area contributed by atoms with Crippen molar-refractivity contribution in [2.24, 2.45) is 34.5 Å². The summed E-state index contributed by atoms with van der Waals surface area (Å²) >= 11 is 0. The van der Waals surface area contributed by atoms with Gasteiger partial charge in [-0.3, -0.25) is 9.59 Å². The quantitative estimate of drug-likeness (QED) is 0.711. The summed E-state index contributed by atoms with van der Waals surface area (Å²) in [6.07, 6.45) is 10.7. The molecular weight excluding hydrogens is 384 g/mol. The van der Waals surface area contributed by atoms with Crippen molar-refractivity contribution in [2.45, 2.75) is 58.4 Å². The van der Waals surface area contributed by atoms with Crippen LogP contribution in [0.2, 0.25) is 0 Å². The van der Waals surface area contributed by atoms with Crippen LogP contribution in [0, 0.1) is 34.5 Å². The Morgan fingerprint density at radius 1 is 1.00 bits per heavy atom. The molecule has 4 nitrogen and oxygen atoms in total. The highest BCUT2D eigenvalue weighted by molar-refractivity contribution is 5.99. The molecule has 1 aliphatic heterocycles. The van der Waals surface area contributed by atoms with Crippen molar-refractivity contribution < 1.29 is 9.59 Å². The number of ketones is 1. The van der Waals surface area contributed by atoms with Crippen molar-refractivity contribution in [3.8, 4) is 0 Å². The van der Waals surface area contributed by atoms with Gasteiger partial charge in [-0.15, -0.1) is 0 Å². The number of Topliss-reactive ketones (excluding diaryl/α,β-unsaturated/α-hetero) is 1. The van der Waals surface area contributed by atoms with Crippen molar-refractivity contribution in [2.75, 3.05) is 19.0 Å². The molecule has 3 saturated carbocycles. The average molecular weight is 421 g/mol. The maximum atomic E-state index is 13.6. The first-order valence-corrected chi connectivity index (χ1v) is 12.1. The summed E-state index contributed by atoms with van der Waals surface area (Å²) in [7, 11) is 4.06. The fraction of sp³-hybridized carbons (Fsp3) is 0.630. The summed E-state index contributed by atoms with van der Waals surface area (Å²) in [5, 5.41) is 3.24. The van der Waals surface area contributed by atoms with Gasteiger partial charge in [-0.2, -0.15) is 0 Å². The number of benzene rings is 1. The van der Waals surface area contributed by atoms with Gasteiger partial charge in [-0.25, -0.2) is 0 Å². The van der Waals surface area contributed by atoms with E-state index in [4.69, 9.17) is 0 Å². The predicted molar refractivity (Wildman–Crippen MR) is 124 cm³/mol. The van der Waals surface area contributed by atoms with E-state index in [0.717, 1.165) is 36.9 Å². The van der Waals surface area contributed by atoms with E-state index in [1.165, 1.54) is 12.8 Å². The van der Waals surface area contributed by atoms with Crippen molar-refractivity contribution in [1.29, 1.82) is 0 Å². The first-order chi connectivity index (χ1) is 14.7. The van der Waals surface area contributed by atoms with Gasteiger partial charge in [0.15, 0.2) is 5.78 Å². The second-order valence-electron chi connectivity index (χ2n) is 11.2. The second kappa shape index (κ2) is 7.21. The largest absolute Gasteiger partial charge is 0.378 e. The Balaban J connectivity index is 1.39. The van der Waals surface area contributed by atoms with E-state index in [-0.39, 0.29) is 28.7 Å². The Morgan fingerprint density at radius 3 is 2.45 bits per heavy atom. The van der Waals surface area contributed by atoms with Crippen LogP contribution < -0.4 is 10.2 Å². The van der Waals surface area contributed by atoms with E-state index >= 15 is 0 Å². The fourth-order valence-corrected chi connectivity index (χ4v) is 7.89. The van der Waals surface area contributed by atoms with Gasteiger partial charge in [0.25, 0.3) is 0 Å². The zero-order valence-corrected chi connectivity index (χ0v) is 19.4. The molecule has 1 N–H and O–H groups in total. The van der Waals surface area contributed by atoms with Crippen molar-refractivity contribution >= 4 is 17.4 Å². The molecule has 31 heavy (non-hydrogen) atoms. The molecule has 4 heteroatoms. The summed E-state index contributed by atoms with van der Waals surface area (Å²) in [4.78, 5) is 27.6. The Bertz CT molecular complexity index is 920. The number of hydrogen-bond donors (Lipinski definition) is 1. The molecule has 0 radical (unpaired) electrons. The van der Waals surface area contributed by atoms with E-state index in [9.17, 15) is 9.59 Å².